The number of benzene rings is 2. The first kappa shape index (κ1) is 19.5. The van der Waals surface area contributed by atoms with Crippen molar-refractivity contribution < 1.29 is 4.74 Å². The molecule has 6 nitrogen and oxygen atoms in total. The number of thioether (sulfide) groups is 1. The molecule has 0 amide bonds. The van der Waals surface area contributed by atoms with Crippen LogP contribution in [0, 0.1) is 6.92 Å². The summed E-state index contributed by atoms with van der Waals surface area (Å²) < 4.78 is 7.69. The van der Waals surface area contributed by atoms with Crippen LogP contribution in [0.3, 0.4) is 0 Å². The first-order valence-corrected chi connectivity index (χ1v) is 11.4. The van der Waals surface area contributed by atoms with E-state index in [0.29, 0.717) is 0 Å². The molecule has 0 N–H and O–H groups in total. The molecular formula is C23H25N5OS. The Kier molecular flexibility index (Phi) is 5.66. The van der Waals surface area contributed by atoms with E-state index in [9.17, 15) is 0 Å². The van der Waals surface area contributed by atoms with E-state index >= 15 is 0 Å². The monoisotopic (exact) mass is 419 g/mol. The molecule has 7 heteroatoms. The fourth-order valence-electron chi connectivity index (χ4n) is 3.93. The van der Waals surface area contributed by atoms with Crippen LogP contribution in [-0.2, 0) is 11.3 Å². The molecule has 2 aromatic carbocycles. The fraction of sp³-hybridized carbons (Fsp3) is 0.348. The highest BCUT2D eigenvalue weighted by molar-refractivity contribution is 7.99. The molecule has 0 unspecified atom stereocenters. The van der Waals surface area contributed by atoms with Gasteiger partial charge < -0.3 is 9.30 Å². The van der Waals surface area contributed by atoms with Crippen molar-refractivity contribution in [2.24, 2.45) is 0 Å². The summed E-state index contributed by atoms with van der Waals surface area (Å²) >= 11 is 1.68. The average Bonchev–Trinajstić information content (AvgIpc) is 3.07. The number of ether oxygens (including phenoxy) is 1. The van der Waals surface area contributed by atoms with Gasteiger partial charge in [-0.25, -0.2) is 4.98 Å². The normalized spacial score (nSPS) is 15.2. The maximum atomic E-state index is 5.43. The van der Waals surface area contributed by atoms with E-state index in [4.69, 9.17) is 9.72 Å². The number of morpholine rings is 1. The Balaban J connectivity index is 1.46. The lowest BCUT2D eigenvalue weighted by Gasteiger charge is -2.26. The Hall–Kier alpha value is -2.48. The van der Waals surface area contributed by atoms with Gasteiger partial charge in [0.15, 0.2) is 5.65 Å². The van der Waals surface area contributed by atoms with Gasteiger partial charge in [-0.05, 0) is 24.6 Å². The average molecular weight is 420 g/mol. The molecule has 5 rings (SSSR count). The summed E-state index contributed by atoms with van der Waals surface area (Å²) in [6.07, 6.45) is 0. The van der Waals surface area contributed by atoms with Gasteiger partial charge in [-0.15, -0.1) is 10.2 Å². The van der Waals surface area contributed by atoms with Crippen LogP contribution in [0.1, 0.15) is 11.1 Å². The third-order valence-corrected chi connectivity index (χ3v) is 6.35. The molecule has 154 valence electrons. The lowest BCUT2D eigenvalue weighted by molar-refractivity contribution is 0.0410. The molecular weight excluding hydrogens is 394 g/mol. The van der Waals surface area contributed by atoms with Gasteiger partial charge in [-0.1, -0.05) is 53.7 Å². The van der Waals surface area contributed by atoms with Gasteiger partial charge in [0, 0.05) is 37.3 Å². The number of nitrogens with zero attached hydrogens (tertiary/aromatic N) is 5. The fourth-order valence-corrected chi connectivity index (χ4v) is 4.71. The highest BCUT2D eigenvalue weighted by atomic mass is 32.2. The smallest absolute Gasteiger partial charge is 0.211 e. The molecule has 0 spiro atoms. The van der Waals surface area contributed by atoms with Crippen molar-refractivity contribution >= 4 is 33.8 Å². The third kappa shape index (κ3) is 4.05. The van der Waals surface area contributed by atoms with Crippen LogP contribution in [0.4, 0.5) is 0 Å². The molecule has 4 aromatic rings. The Bertz CT molecular complexity index is 1150. The molecule has 30 heavy (non-hydrogen) atoms. The predicted octanol–water partition coefficient (Wildman–Crippen LogP) is 3.76. The second kappa shape index (κ2) is 8.71. The standard InChI is InChI=1S/C23H25N5OS/c1-17-7-8-20-19(15-17)21-22(28(20)16-18-5-3-2-4-6-18)24-23(26-25-21)30-14-11-27-9-12-29-13-10-27/h2-8,15H,9-14,16H2,1H3. The summed E-state index contributed by atoms with van der Waals surface area (Å²) in [4.78, 5) is 7.36. The first-order chi connectivity index (χ1) is 14.8. The lowest BCUT2D eigenvalue weighted by Crippen LogP contribution is -2.37. The van der Waals surface area contributed by atoms with E-state index < -0.39 is 0 Å². The van der Waals surface area contributed by atoms with Crippen molar-refractivity contribution in [1.82, 2.24) is 24.6 Å². The van der Waals surface area contributed by atoms with Crippen LogP contribution < -0.4 is 0 Å². The second-order valence-electron chi connectivity index (χ2n) is 7.66. The summed E-state index contributed by atoms with van der Waals surface area (Å²) in [5, 5.41) is 10.9. The Morgan fingerprint density at radius 3 is 2.70 bits per heavy atom. The second-order valence-corrected chi connectivity index (χ2v) is 8.72. The molecule has 0 saturated carbocycles. The minimum absolute atomic E-state index is 0.740. The van der Waals surface area contributed by atoms with Crippen molar-refractivity contribution in [1.29, 1.82) is 0 Å². The van der Waals surface area contributed by atoms with E-state index in [2.05, 4.69) is 69.1 Å². The molecule has 0 atom stereocenters. The van der Waals surface area contributed by atoms with Crippen molar-refractivity contribution in [3.05, 3.63) is 59.7 Å². The maximum absolute atomic E-state index is 5.43. The van der Waals surface area contributed by atoms with Crippen molar-refractivity contribution in [2.75, 3.05) is 38.6 Å². The zero-order chi connectivity index (χ0) is 20.3. The maximum Gasteiger partial charge on any atom is 0.211 e. The van der Waals surface area contributed by atoms with Gasteiger partial charge in [-0.2, -0.15) is 0 Å². The van der Waals surface area contributed by atoms with Crippen LogP contribution in [0.25, 0.3) is 22.1 Å². The Morgan fingerprint density at radius 2 is 1.87 bits per heavy atom. The topological polar surface area (TPSA) is 56.1 Å². The van der Waals surface area contributed by atoms with E-state index in [1.165, 1.54) is 11.1 Å². The molecule has 3 heterocycles. The minimum atomic E-state index is 0.740. The van der Waals surface area contributed by atoms with E-state index in [1.54, 1.807) is 11.8 Å². The molecule has 1 saturated heterocycles. The number of rotatable bonds is 6. The van der Waals surface area contributed by atoms with Crippen LogP contribution in [-0.4, -0.2) is 63.2 Å². The largest absolute Gasteiger partial charge is 0.379 e. The molecule has 0 radical (unpaired) electrons. The van der Waals surface area contributed by atoms with Gasteiger partial charge in [0.2, 0.25) is 5.16 Å². The zero-order valence-electron chi connectivity index (χ0n) is 17.1. The number of hydrogen-bond donors (Lipinski definition) is 0. The minimum Gasteiger partial charge on any atom is -0.379 e. The summed E-state index contributed by atoms with van der Waals surface area (Å²) in [7, 11) is 0. The lowest BCUT2D eigenvalue weighted by atomic mass is 10.1. The predicted molar refractivity (Wildman–Crippen MR) is 121 cm³/mol. The highest BCUT2D eigenvalue weighted by Gasteiger charge is 2.16. The quantitative estimate of drug-likeness (QED) is 0.444. The summed E-state index contributed by atoms with van der Waals surface area (Å²) in [5.74, 6) is 0.950. The SMILES string of the molecule is Cc1ccc2c(c1)c1nnc(SCCN3CCOCC3)nc1n2Cc1ccccc1. The van der Waals surface area contributed by atoms with Crippen LogP contribution in [0.5, 0.6) is 0 Å². The van der Waals surface area contributed by atoms with Crippen LogP contribution in [0.2, 0.25) is 0 Å². The van der Waals surface area contributed by atoms with Gasteiger partial charge >= 0.3 is 0 Å². The Labute approximate surface area is 180 Å². The van der Waals surface area contributed by atoms with Gasteiger partial charge in [0.1, 0.15) is 5.52 Å². The number of fused-ring (bicyclic) bond motifs is 3. The summed E-state index contributed by atoms with van der Waals surface area (Å²) in [5.41, 5.74) is 5.39. The summed E-state index contributed by atoms with van der Waals surface area (Å²) in [6.45, 7) is 7.55. The first-order valence-electron chi connectivity index (χ1n) is 10.4. The van der Waals surface area contributed by atoms with E-state index in [-0.39, 0.29) is 0 Å². The number of aryl methyl sites for hydroxylation is 1. The zero-order valence-corrected chi connectivity index (χ0v) is 17.9. The van der Waals surface area contributed by atoms with Gasteiger partial charge in [0.05, 0.1) is 18.7 Å². The molecule has 0 bridgehead atoms. The van der Waals surface area contributed by atoms with E-state index in [0.717, 1.165) is 72.4 Å². The van der Waals surface area contributed by atoms with Crippen LogP contribution in [0.15, 0.2) is 53.7 Å². The van der Waals surface area contributed by atoms with Crippen molar-refractivity contribution in [2.45, 2.75) is 18.6 Å². The molecule has 1 fully saturated rings. The molecule has 2 aromatic heterocycles. The van der Waals surface area contributed by atoms with Crippen molar-refractivity contribution in [3.8, 4) is 0 Å². The van der Waals surface area contributed by atoms with Gasteiger partial charge in [-0.3, -0.25) is 4.90 Å². The molecule has 1 aliphatic heterocycles. The number of hydrogen-bond acceptors (Lipinski definition) is 6. The third-order valence-electron chi connectivity index (χ3n) is 5.53. The van der Waals surface area contributed by atoms with Gasteiger partial charge in [0.25, 0.3) is 0 Å². The number of aromatic nitrogens is 4. The van der Waals surface area contributed by atoms with E-state index in [1.807, 2.05) is 6.07 Å². The van der Waals surface area contributed by atoms with Crippen molar-refractivity contribution in [3.63, 3.8) is 0 Å². The molecule has 1 aliphatic rings. The highest BCUT2D eigenvalue weighted by Crippen LogP contribution is 2.29. The van der Waals surface area contributed by atoms with Crippen LogP contribution >= 0.6 is 11.8 Å². The molecule has 0 aliphatic carbocycles. The Morgan fingerprint density at radius 1 is 1.03 bits per heavy atom. The summed E-state index contributed by atoms with van der Waals surface area (Å²) in [6, 6.07) is 17.0.